The fourth-order valence-electron chi connectivity index (χ4n) is 1.32. The van der Waals surface area contributed by atoms with Crippen molar-refractivity contribution in [1.82, 2.24) is 0 Å². The van der Waals surface area contributed by atoms with E-state index < -0.39 is 0 Å². The summed E-state index contributed by atoms with van der Waals surface area (Å²) in [4.78, 5) is 0. The third kappa shape index (κ3) is 3.81. The average Bonchev–Trinajstić information content (AvgIpc) is 2.25. The van der Waals surface area contributed by atoms with Gasteiger partial charge in [0.25, 0.3) is 0 Å². The van der Waals surface area contributed by atoms with E-state index in [1.807, 2.05) is 12.1 Å². The average molecular weight is 223 g/mol. The van der Waals surface area contributed by atoms with Crippen molar-refractivity contribution < 1.29 is 0 Å². The molecule has 0 bridgehead atoms. The summed E-state index contributed by atoms with van der Waals surface area (Å²) in [6, 6.07) is 7.46. The lowest BCUT2D eigenvalue weighted by molar-refractivity contribution is 0.744. The first kappa shape index (κ1) is 11.9. The Hall–Kier alpha value is -1.20. The molecule has 0 spiro atoms. The Morgan fingerprint density at radius 3 is 2.80 bits per heavy atom. The summed E-state index contributed by atoms with van der Waals surface area (Å²) in [5, 5.41) is 12.5. The molecule has 1 N–H and O–H groups in total. The van der Waals surface area contributed by atoms with E-state index in [2.05, 4.69) is 12.2 Å². The van der Waals surface area contributed by atoms with Crippen molar-refractivity contribution in [3.63, 3.8) is 0 Å². The minimum absolute atomic E-state index is 0.512. The SMILES string of the molecule is CCCCCNc1ccc(C#N)c(Cl)c1. The lowest BCUT2D eigenvalue weighted by Gasteiger charge is -2.06. The quantitative estimate of drug-likeness (QED) is 0.769. The van der Waals surface area contributed by atoms with Crippen LogP contribution in [-0.2, 0) is 0 Å². The van der Waals surface area contributed by atoms with Crippen LogP contribution in [0.5, 0.6) is 0 Å². The summed E-state index contributed by atoms with van der Waals surface area (Å²) < 4.78 is 0. The van der Waals surface area contributed by atoms with Gasteiger partial charge in [-0.3, -0.25) is 0 Å². The Morgan fingerprint density at radius 2 is 2.20 bits per heavy atom. The zero-order chi connectivity index (χ0) is 11.1. The lowest BCUT2D eigenvalue weighted by atomic mass is 10.2. The summed E-state index contributed by atoms with van der Waals surface area (Å²) in [7, 11) is 0. The van der Waals surface area contributed by atoms with E-state index in [1.165, 1.54) is 12.8 Å². The van der Waals surface area contributed by atoms with Gasteiger partial charge >= 0.3 is 0 Å². The van der Waals surface area contributed by atoms with Crippen molar-refractivity contribution >= 4 is 17.3 Å². The molecule has 0 saturated carbocycles. The first-order valence-corrected chi connectivity index (χ1v) is 5.59. The number of hydrogen-bond acceptors (Lipinski definition) is 2. The summed E-state index contributed by atoms with van der Waals surface area (Å²) in [6.07, 6.45) is 3.61. The molecule has 2 nitrogen and oxygen atoms in total. The third-order valence-electron chi connectivity index (χ3n) is 2.20. The molecule has 0 unspecified atom stereocenters. The lowest BCUT2D eigenvalue weighted by Crippen LogP contribution is -2.01. The minimum atomic E-state index is 0.512. The Balaban J connectivity index is 2.49. The molecule has 0 heterocycles. The first-order valence-electron chi connectivity index (χ1n) is 5.21. The highest BCUT2D eigenvalue weighted by molar-refractivity contribution is 6.32. The van der Waals surface area contributed by atoms with Gasteiger partial charge in [-0.1, -0.05) is 31.4 Å². The Kier molecular flexibility index (Phi) is 5.00. The van der Waals surface area contributed by atoms with Gasteiger partial charge in [0.15, 0.2) is 0 Å². The van der Waals surface area contributed by atoms with Gasteiger partial charge < -0.3 is 5.32 Å². The molecule has 1 aromatic rings. The molecule has 0 aliphatic heterocycles. The van der Waals surface area contributed by atoms with Gasteiger partial charge in [0.2, 0.25) is 0 Å². The zero-order valence-corrected chi connectivity index (χ0v) is 9.64. The molecule has 0 amide bonds. The topological polar surface area (TPSA) is 35.8 Å². The number of halogens is 1. The van der Waals surface area contributed by atoms with Gasteiger partial charge in [0, 0.05) is 12.2 Å². The van der Waals surface area contributed by atoms with Gasteiger partial charge in [-0.15, -0.1) is 0 Å². The van der Waals surface area contributed by atoms with Gasteiger partial charge in [0.05, 0.1) is 10.6 Å². The molecule has 15 heavy (non-hydrogen) atoms. The monoisotopic (exact) mass is 222 g/mol. The van der Waals surface area contributed by atoms with Gasteiger partial charge in [-0.2, -0.15) is 5.26 Å². The molecule has 0 aliphatic carbocycles. The number of nitrogens with zero attached hydrogens (tertiary/aromatic N) is 1. The van der Waals surface area contributed by atoms with Gasteiger partial charge in [-0.05, 0) is 24.6 Å². The van der Waals surface area contributed by atoms with Gasteiger partial charge in [0.1, 0.15) is 6.07 Å². The van der Waals surface area contributed by atoms with Crippen LogP contribution in [0.2, 0.25) is 5.02 Å². The fourth-order valence-corrected chi connectivity index (χ4v) is 1.55. The molecule has 80 valence electrons. The van der Waals surface area contributed by atoms with Crippen LogP contribution in [-0.4, -0.2) is 6.54 Å². The number of nitrogens with one attached hydrogen (secondary N) is 1. The van der Waals surface area contributed by atoms with Crippen LogP contribution >= 0.6 is 11.6 Å². The summed E-state index contributed by atoms with van der Waals surface area (Å²) >= 11 is 5.91. The maximum absolute atomic E-state index is 8.70. The van der Waals surface area contributed by atoms with E-state index in [9.17, 15) is 0 Å². The second-order valence-electron chi connectivity index (χ2n) is 3.44. The molecule has 0 saturated heterocycles. The Morgan fingerprint density at radius 1 is 1.40 bits per heavy atom. The zero-order valence-electron chi connectivity index (χ0n) is 8.89. The van der Waals surface area contributed by atoms with Crippen LogP contribution in [0.1, 0.15) is 31.7 Å². The van der Waals surface area contributed by atoms with Crippen molar-refractivity contribution in [2.45, 2.75) is 26.2 Å². The van der Waals surface area contributed by atoms with E-state index in [-0.39, 0.29) is 0 Å². The van der Waals surface area contributed by atoms with Crippen molar-refractivity contribution in [2.75, 3.05) is 11.9 Å². The standard InChI is InChI=1S/C12H15ClN2/c1-2-3-4-7-15-11-6-5-10(9-14)12(13)8-11/h5-6,8,15H,2-4,7H2,1H3. The predicted octanol–water partition coefficient (Wildman–Crippen LogP) is 3.81. The molecule has 0 aromatic heterocycles. The molecular weight excluding hydrogens is 208 g/mol. The van der Waals surface area contributed by atoms with Crippen LogP contribution in [0.15, 0.2) is 18.2 Å². The van der Waals surface area contributed by atoms with E-state index in [0.717, 1.165) is 18.7 Å². The number of hydrogen-bond donors (Lipinski definition) is 1. The minimum Gasteiger partial charge on any atom is -0.385 e. The van der Waals surface area contributed by atoms with Crippen LogP contribution in [0.25, 0.3) is 0 Å². The highest BCUT2D eigenvalue weighted by atomic mass is 35.5. The van der Waals surface area contributed by atoms with E-state index in [4.69, 9.17) is 16.9 Å². The number of anilines is 1. The number of unbranched alkanes of at least 4 members (excludes halogenated alkanes) is 2. The van der Waals surface area contributed by atoms with Gasteiger partial charge in [-0.25, -0.2) is 0 Å². The third-order valence-corrected chi connectivity index (χ3v) is 2.51. The van der Waals surface area contributed by atoms with Crippen LogP contribution in [0.4, 0.5) is 5.69 Å². The molecule has 0 fully saturated rings. The van der Waals surface area contributed by atoms with Crippen molar-refractivity contribution in [3.05, 3.63) is 28.8 Å². The number of rotatable bonds is 5. The predicted molar refractivity (Wildman–Crippen MR) is 64.2 cm³/mol. The maximum atomic E-state index is 8.70. The second-order valence-corrected chi connectivity index (χ2v) is 3.85. The molecular formula is C12H15ClN2. The maximum Gasteiger partial charge on any atom is 0.101 e. The summed E-state index contributed by atoms with van der Waals surface area (Å²) in [5.41, 5.74) is 1.51. The van der Waals surface area contributed by atoms with E-state index >= 15 is 0 Å². The van der Waals surface area contributed by atoms with E-state index in [1.54, 1.807) is 12.1 Å². The Labute approximate surface area is 95.9 Å². The molecule has 0 atom stereocenters. The van der Waals surface area contributed by atoms with Crippen LogP contribution < -0.4 is 5.32 Å². The molecule has 3 heteroatoms. The summed E-state index contributed by atoms with van der Waals surface area (Å²) in [6.45, 7) is 3.13. The van der Waals surface area contributed by atoms with Crippen LogP contribution in [0, 0.1) is 11.3 Å². The Bertz CT molecular complexity index is 355. The first-order chi connectivity index (χ1) is 7.27. The summed E-state index contributed by atoms with van der Waals surface area (Å²) in [5.74, 6) is 0. The fraction of sp³-hybridized carbons (Fsp3) is 0.417. The smallest absolute Gasteiger partial charge is 0.101 e. The number of nitriles is 1. The van der Waals surface area contributed by atoms with Crippen LogP contribution in [0.3, 0.4) is 0 Å². The highest BCUT2D eigenvalue weighted by Crippen LogP contribution is 2.20. The van der Waals surface area contributed by atoms with E-state index in [0.29, 0.717) is 10.6 Å². The second kappa shape index (κ2) is 6.31. The molecule has 0 radical (unpaired) electrons. The normalized spacial score (nSPS) is 9.67. The van der Waals surface area contributed by atoms with Crippen molar-refractivity contribution in [3.8, 4) is 6.07 Å². The van der Waals surface area contributed by atoms with Crippen molar-refractivity contribution in [2.24, 2.45) is 0 Å². The highest BCUT2D eigenvalue weighted by Gasteiger charge is 1.99. The number of benzene rings is 1. The molecule has 1 aromatic carbocycles. The molecule has 1 rings (SSSR count). The largest absolute Gasteiger partial charge is 0.385 e. The molecule has 0 aliphatic rings. The van der Waals surface area contributed by atoms with Crippen molar-refractivity contribution in [1.29, 1.82) is 5.26 Å².